The normalized spacial score (nSPS) is 10.6. The summed E-state index contributed by atoms with van der Waals surface area (Å²) in [4.78, 5) is 29.2. The fraction of sp³-hybridized carbons (Fsp3) is 0.0455. The third-order valence-corrected chi connectivity index (χ3v) is 5.10. The molecule has 2 N–H and O–H groups in total. The van der Waals surface area contributed by atoms with Gasteiger partial charge in [-0.3, -0.25) is 14.9 Å². The molecule has 6 nitrogen and oxygen atoms in total. The molecular formula is C22H16FN3O3S. The van der Waals surface area contributed by atoms with E-state index in [9.17, 15) is 14.0 Å². The highest BCUT2D eigenvalue weighted by Gasteiger charge is 2.14. The van der Waals surface area contributed by atoms with Crippen LogP contribution in [0.3, 0.4) is 0 Å². The fourth-order valence-corrected chi connectivity index (χ4v) is 3.49. The van der Waals surface area contributed by atoms with E-state index in [1.807, 2.05) is 6.92 Å². The number of halogens is 1. The second-order valence-electron chi connectivity index (χ2n) is 6.46. The number of benzene rings is 2. The lowest BCUT2D eigenvalue weighted by Crippen LogP contribution is -2.15. The van der Waals surface area contributed by atoms with Crippen molar-refractivity contribution in [2.24, 2.45) is 0 Å². The van der Waals surface area contributed by atoms with E-state index in [0.717, 1.165) is 5.56 Å². The minimum atomic E-state index is -0.402. The molecule has 2 aromatic heterocycles. The van der Waals surface area contributed by atoms with E-state index in [0.29, 0.717) is 27.6 Å². The summed E-state index contributed by atoms with van der Waals surface area (Å²) >= 11 is 1.24. The number of hydrogen-bond donors (Lipinski definition) is 2. The Kier molecular flexibility index (Phi) is 5.40. The molecule has 0 bridgehead atoms. The number of furan rings is 1. The van der Waals surface area contributed by atoms with Crippen LogP contribution in [0.2, 0.25) is 0 Å². The topological polar surface area (TPSA) is 84.2 Å². The van der Waals surface area contributed by atoms with Crippen LogP contribution in [0.5, 0.6) is 0 Å². The van der Waals surface area contributed by atoms with Crippen molar-refractivity contribution in [2.75, 3.05) is 10.6 Å². The maximum absolute atomic E-state index is 13.4. The van der Waals surface area contributed by atoms with Crippen molar-refractivity contribution in [1.82, 2.24) is 4.98 Å². The van der Waals surface area contributed by atoms with Gasteiger partial charge in [-0.2, -0.15) is 0 Å². The van der Waals surface area contributed by atoms with Crippen molar-refractivity contribution in [1.29, 1.82) is 0 Å². The Morgan fingerprint density at radius 3 is 2.67 bits per heavy atom. The monoisotopic (exact) mass is 421 g/mol. The summed E-state index contributed by atoms with van der Waals surface area (Å²) in [5.74, 6) is -0.948. The van der Waals surface area contributed by atoms with E-state index in [2.05, 4.69) is 15.6 Å². The fourth-order valence-electron chi connectivity index (χ4n) is 2.77. The lowest BCUT2D eigenvalue weighted by molar-refractivity contribution is 0.0993. The number of nitrogens with zero attached hydrogens (tertiary/aromatic N) is 1. The SMILES string of the molecule is Cc1ccc(C(=O)Nc2nc(-c3cccc(F)c3)cs2)cc1NC(=O)c1ccco1. The number of nitrogens with one attached hydrogen (secondary N) is 2. The van der Waals surface area contributed by atoms with Crippen molar-refractivity contribution in [3.8, 4) is 11.3 Å². The van der Waals surface area contributed by atoms with Crippen LogP contribution in [-0.4, -0.2) is 16.8 Å². The summed E-state index contributed by atoms with van der Waals surface area (Å²) in [5.41, 5.74) is 2.87. The zero-order chi connectivity index (χ0) is 21.1. The van der Waals surface area contributed by atoms with Gasteiger partial charge in [0.25, 0.3) is 11.8 Å². The van der Waals surface area contributed by atoms with Crippen molar-refractivity contribution in [2.45, 2.75) is 6.92 Å². The number of thiazole rings is 1. The molecule has 0 saturated carbocycles. The van der Waals surface area contributed by atoms with E-state index in [1.165, 1.54) is 29.7 Å². The number of hydrogen-bond acceptors (Lipinski definition) is 5. The molecule has 8 heteroatoms. The van der Waals surface area contributed by atoms with E-state index < -0.39 is 5.91 Å². The van der Waals surface area contributed by atoms with Gasteiger partial charge in [0.2, 0.25) is 0 Å². The number of carbonyl (C=O) groups excluding carboxylic acids is 2. The molecule has 0 aliphatic heterocycles. The van der Waals surface area contributed by atoms with Crippen LogP contribution in [-0.2, 0) is 0 Å². The first-order valence-corrected chi connectivity index (χ1v) is 9.86. The minimum Gasteiger partial charge on any atom is -0.459 e. The second-order valence-corrected chi connectivity index (χ2v) is 7.32. The quantitative estimate of drug-likeness (QED) is 0.455. The van der Waals surface area contributed by atoms with E-state index in [1.54, 1.807) is 47.8 Å². The number of aryl methyl sites for hydroxylation is 1. The van der Waals surface area contributed by atoms with Crippen LogP contribution in [0.25, 0.3) is 11.3 Å². The first-order valence-electron chi connectivity index (χ1n) is 8.98. The second kappa shape index (κ2) is 8.30. The van der Waals surface area contributed by atoms with E-state index >= 15 is 0 Å². The van der Waals surface area contributed by atoms with Gasteiger partial charge in [0.15, 0.2) is 10.9 Å². The smallest absolute Gasteiger partial charge is 0.291 e. The van der Waals surface area contributed by atoms with Gasteiger partial charge in [-0.05, 0) is 48.9 Å². The summed E-state index contributed by atoms with van der Waals surface area (Å²) in [5, 5.41) is 7.61. The summed E-state index contributed by atoms with van der Waals surface area (Å²) in [6.45, 7) is 1.82. The molecule has 0 atom stereocenters. The van der Waals surface area contributed by atoms with E-state index in [4.69, 9.17) is 4.42 Å². The van der Waals surface area contributed by atoms with Crippen LogP contribution in [0.4, 0.5) is 15.2 Å². The van der Waals surface area contributed by atoms with Gasteiger partial charge in [-0.1, -0.05) is 18.2 Å². The average Bonchev–Trinajstić information content (AvgIpc) is 3.42. The lowest BCUT2D eigenvalue weighted by atomic mass is 10.1. The van der Waals surface area contributed by atoms with Crippen molar-refractivity contribution in [3.05, 3.63) is 88.9 Å². The molecule has 2 amide bonds. The molecule has 0 spiro atoms. The van der Waals surface area contributed by atoms with Crippen LogP contribution < -0.4 is 10.6 Å². The van der Waals surface area contributed by atoms with Crippen molar-refractivity contribution < 1.29 is 18.4 Å². The third kappa shape index (κ3) is 4.28. The van der Waals surface area contributed by atoms with Gasteiger partial charge in [0.05, 0.1) is 12.0 Å². The van der Waals surface area contributed by atoms with E-state index in [-0.39, 0.29) is 17.5 Å². The number of amides is 2. The molecule has 0 saturated heterocycles. The largest absolute Gasteiger partial charge is 0.459 e. The lowest BCUT2D eigenvalue weighted by Gasteiger charge is -2.09. The van der Waals surface area contributed by atoms with Crippen LogP contribution >= 0.6 is 11.3 Å². The first kappa shape index (κ1) is 19.5. The van der Waals surface area contributed by atoms with Crippen molar-refractivity contribution in [3.63, 3.8) is 0 Å². The number of aromatic nitrogens is 1. The highest BCUT2D eigenvalue weighted by molar-refractivity contribution is 7.14. The van der Waals surface area contributed by atoms with Crippen LogP contribution in [0, 0.1) is 12.7 Å². The minimum absolute atomic E-state index is 0.178. The highest BCUT2D eigenvalue weighted by atomic mass is 32.1. The van der Waals surface area contributed by atoms with Gasteiger partial charge >= 0.3 is 0 Å². The Bertz CT molecular complexity index is 1220. The number of rotatable bonds is 5. The highest BCUT2D eigenvalue weighted by Crippen LogP contribution is 2.26. The number of anilines is 2. The van der Waals surface area contributed by atoms with Gasteiger partial charge in [-0.25, -0.2) is 9.37 Å². The molecule has 0 fully saturated rings. The molecule has 0 radical (unpaired) electrons. The zero-order valence-corrected chi connectivity index (χ0v) is 16.6. The summed E-state index contributed by atoms with van der Waals surface area (Å²) in [7, 11) is 0. The Hall–Kier alpha value is -3.78. The molecule has 0 aliphatic rings. The third-order valence-electron chi connectivity index (χ3n) is 4.34. The maximum atomic E-state index is 13.4. The predicted octanol–water partition coefficient (Wildman–Crippen LogP) is 5.36. The van der Waals surface area contributed by atoms with Crippen molar-refractivity contribution >= 4 is 34.0 Å². The standard InChI is InChI=1S/C22H16FN3O3S/c1-13-7-8-15(11-17(13)24-21(28)19-6-3-9-29-19)20(27)26-22-25-18(12-30-22)14-4-2-5-16(23)10-14/h2-12H,1H3,(H,24,28)(H,25,26,27). The van der Waals surface area contributed by atoms with Gasteiger partial charge < -0.3 is 9.73 Å². The summed E-state index contributed by atoms with van der Waals surface area (Å²) in [6.07, 6.45) is 1.41. The Morgan fingerprint density at radius 2 is 1.90 bits per heavy atom. The van der Waals surface area contributed by atoms with Gasteiger partial charge in [-0.15, -0.1) is 11.3 Å². The van der Waals surface area contributed by atoms with Crippen LogP contribution in [0.15, 0.2) is 70.7 Å². The van der Waals surface area contributed by atoms with Crippen LogP contribution in [0.1, 0.15) is 26.5 Å². The maximum Gasteiger partial charge on any atom is 0.291 e. The molecule has 4 rings (SSSR count). The van der Waals surface area contributed by atoms with Gasteiger partial charge in [0.1, 0.15) is 5.82 Å². The molecule has 4 aromatic rings. The Balaban J connectivity index is 1.49. The first-order chi connectivity index (χ1) is 14.5. The predicted molar refractivity (Wildman–Crippen MR) is 113 cm³/mol. The molecule has 0 unspecified atom stereocenters. The molecule has 2 aromatic carbocycles. The molecular weight excluding hydrogens is 405 g/mol. The average molecular weight is 421 g/mol. The van der Waals surface area contributed by atoms with Gasteiger partial charge in [0, 0.05) is 22.2 Å². The molecule has 30 heavy (non-hydrogen) atoms. The summed E-state index contributed by atoms with van der Waals surface area (Å²) in [6, 6.07) is 14.3. The Labute approximate surface area is 175 Å². The molecule has 150 valence electrons. The molecule has 0 aliphatic carbocycles. The summed E-state index contributed by atoms with van der Waals surface area (Å²) < 4.78 is 18.5. The molecule has 2 heterocycles. The number of carbonyl (C=O) groups is 2. The zero-order valence-electron chi connectivity index (χ0n) is 15.8. The Morgan fingerprint density at radius 1 is 1.03 bits per heavy atom.